The number of carbonyl (C=O) groups excluding carboxylic acids is 4. The van der Waals surface area contributed by atoms with Crippen LogP contribution < -0.4 is 20.1 Å². The number of nitrogens with one attached hydrogen (secondary N) is 3. The third kappa shape index (κ3) is 7.83. The zero-order chi connectivity index (χ0) is 34.4. The van der Waals surface area contributed by atoms with Crippen LogP contribution in [-0.4, -0.2) is 90.9 Å². The Hall–Kier alpha value is -4.80. The molecule has 4 atom stereocenters. The zero-order valence-corrected chi connectivity index (χ0v) is 28.5. The molecule has 48 heavy (non-hydrogen) atoms. The highest BCUT2D eigenvalue weighted by molar-refractivity contribution is 5.96. The van der Waals surface area contributed by atoms with E-state index in [1.54, 1.807) is 41.2 Å². The number of nitrogens with zero attached hydrogens (tertiary/aromatic N) is 2. The molecular weight excluding hydrogens is 610 g/mol. The van der Waals surface area contributed by atoms with Gasteiger partial charge < -0.3 is 34.9 Å². The van der Waals surface area contributed by atoms with Crippen LogP contribution in [0.15, 0.2) is 60.8 Å². The Bertz CT molecular complexity index is 1600. The van der Waals surface area contributed by atoms with Gasteiger partial charge in [0.2, 0.25) is 11.8 Å². The number of likely N-dealkylation sites (N-methyl/N-ethyl adjacent to an activating group) is 1. The predicted molar refractivity (Wildman–Crippen MR) is 182 cm³/mol. The third-order valence-electron chi connectivity index (χ3n) is 9.41. The van der Waals surface area contributed by atoms with E-state index in [-0.39, 0.29) is 48.1 Å². The molecule has 5 rings (SSSR count). The zero-order valence-electron chi connectivity index (χ0n) is 28.5. The van der Waals surface area contributed by atoms with Gasteiger partial charge in [-0.05, 0) is 87.3 Å². The first-order chi connectivity index (χ1) is 23.1. The van der Waals surface area contributed by atoms with Crippen LogP contribution in [0.2, 0.25) is 0 Å². The van der Waals surface area contributed by atoms with Crippen molar-refractivity contribution in [3.8, 4) is 11.5 Å². The molecule has 3 unspecified atom stereocenters. The summed E-state index contributed by atoms with van der Waals surface area (Å²) >= 11 is 0. The number of ether oxygens (including phenoxy) is 2. The fourth-order valence-corrected chi connectivity index (χ4v) is 6.93. The lowest BCUT2D eigenvalue weighted by atomic mass is 9.79. The van der Waals surface area contributed by atoms with Crippen molar-refractivity contribution in [2.75, 3.05) is 40.3 Å². The van der Waals surface area contributed by atoms with Gasteiger partial charge in [-0.25, -0.2) is 0 Å². The van der Waals surface area contributed by atoms with E-state index in [1.807, 2.05) is 57.2 Å². The van der Waals surface area contributed by atoms with Crippen molar-refractivity contribution in [2.45, 2.75) is 52.2 Å². The number of hydrogen-bond acceptors (Lipinski definition) is 6. The van der Waals surface area contributed by atoms with Gasteiger partial charge in [-0.3, -0.25) is 19.2 Å². The first kappa shape index (κ1) is 34.5. The topological polar surface area (TPSA) is 133 Å². The maximum Gasteiger partial charge on any atom is 0.270 e. The Morgan fingerprint density at radius 1 is 0.938 bits per heavy atom. The van der Waals surface area contributed by atoms with E-state index >= 15 is 0 Å². The first-order valence-electron chi connectivity index (χ1n) is 16.7. The SMILES string of the molecule is CNC(=O)[C@H](CCCc1ccccc1)NC(=O)C1CN(C(=O)c2[nH]ccc2C)CC2CN(C(=O)c3ccc(OC(C)C)c(OC)c3)CC21. The second kappa shape index (κ2) is 15.4. The molecule has 11 heteroatoms. The summed E-state index contributed by atoms with van der Waals surface area (Å²) in [6.07, 6.45) is 3.63. The molecule has 2 aliphatic heterocycles. The van der Waals surface area contributed by atoms with E-state index in [0.717, 1.165) is 12.0 Å². The van der Waals surface area contributed by atoms with Crippen molar-refractivity contribution in [1.82, 2.24) is 25.4 Å². The number of likely N-dealkylation sites (tertiary alicyclic amines) is 2. The van der Waals surface area contributed by atoms with Crippen molar-refractivity contribution in [2.24, 2.45) is 17.8 Å². The van der Waals surface area contributed by atoms with Gasteiger partial charge in [0.05, 0.1) is 19.1 Å². The minimum absolute atomic E-state index is 0.0579. The smallest absolute Gasteiger partial charge is 0.270 e. The predicted octanol–water partition coefficient (Wildman–Crippen LogP) is 3.83. The number of hydrogen-bond donors (Lipinski definition) is 3. The lowest BCUT2D eigenvalue weighted by Gasteiger charge is -2.39. The molecule has 0 spiro atoms. The monoisotopic (exact) mass is 657 g/mol. The van der Waals surface area contributed by atoms with E-state index in [4.69, 9.17) is 9.47 Å². The highest BCUT2D eigenvalue weighted by atomic mass is 16.5. The molecule has 0 saturated carbocycles. The molecule has 2 fully saturated rings. The number of H-pyrrole nitrogens is 1. The molecule has 256 valence electrons. The summed E-state index contributed by atoms with van der Waals surface area (Å²) in [7, 11) is 3.10. The summed E-state index contributed by atoms with van der Waals surface area (Å²) < 4.78 is 11.3. The number of aryl methyl sites for hydroxylation is 2. The minimum Gasteiger partial charge on any atom is -0.493 e. The molecule has 0 aliphatic carbocycles. The highest BCUT2D eigenvalue weighted by Gasteiger charge is 2.48. The molecule has 3 N–H and O–H groups in total. The number of amides is 4. The number of aromatic nitrogens is 1. The van der Waals surface area contributed by atoms with Crippen molar-refractivity contribution in [3.05, 3.63) is 83.2 Å². The lowest BCUT2D eigenvalue weighted by molar-refractivity contribution is -0.133. The molecule has 3 heterocycles. The highest BCUT2D eigenvalue weighted by Crippen LogP contribution is 2.38. The van der Waals surface area contributed by atoms with E-state index in [1.165, 1.54) is 12.7 Å². The van der Waals surface area contributed by atoms with Crippen LogP contribution >= 0.6 is 0 Å². The van der Waals surface area contributed by atoms with Gasteiger partial charge in [0.25, 0.3) is 11.8 Å². The van der Waals surface area contributed by atoms with Crippen LogP contribution in [0.25, 0.3) is 0 Å². The minimum atomic E-state index is -0.723. The van der Waals surface area contributed by atoms with E-state index in [2.05, 4.69) is 15.6 Å². The number of piperidine rings is 1. The Balaban J connectivity index is 1.36. The molecular formula is C37H47N5O6. The molecule has 11 nitrogen and oxygen atoms in total. The fourth-order valence-electron chi connectivity index (χ4n) is 6.93. The lowest BCUT2D eigenvalue weighted by Crippen LogP contribution is -2.56. The quantitative estimate of drug-likeness (QED) is 0.271. The number of fused-ring (bicyclic) bond motifs is 1. The molecule has 3 aromatic rings. The van der Waals surface area contributed by atoms with E-state index in [9.17, 15) is 19.2 Å². The van der Waals surface area contributed by atoms with Crippen LogP contribution in [-0.2, 0) is 16.0 Å². The van der Waals surface area contributed by atoms with Gasteiger partial charge in [-0.15, -0.1) is 0 Å². The summed E-state index contributed by atoms with van der Waals surface area (Å²) in [4.78, 5) is 61.1. The van der Waals surface area contributed by atoms with Crippen molar-refractivity contribution < 1.29 is 28.7 Å². The van der Waals surface area contributed by atoms with Crippen molar-refractivity contribution in [1.29, 1.82) is 0 Å². The van der Waals surface area contributed by atoms with Crippen LogP contribution in [0, 0.1) is 24.7 Å². The van der Waals surface area contributed by atoms with Crippen molar-refractivity contribution in [3.63, 3.8) is 0 Å². The van der Waals surface area contributed by atoms with Gasteiger partial charge in [-0.2, -0.15) is 0 Å². The molecule has 2 saturated heterocycles. The molecule has 1 aromatic heterocycles. The Labute approximate surface area is 282 Å². The van der Waals surface area contributed by atoms with Crippen molar-refractivity contribution >= 4 is 23.6 Å². The standard InChI is InChI=1S/C37H47N5O6/c1-23(2)48-31-15-14-26(18-32(31)47-5)36(45)41-19-27-20-42(37(46)33-24(3)16-17-39-33)22-29(28(27)21-41)34(43)40-30(35(44)38-4)13-9-12-25-10-7-6-8-11-25/h6-8,10-11,14-18,23,27-30,39H,9,12-13,19-22H2,1-5H3,(H,38,44)(H,40,43)/t27?,28?,29?,30-/m0/s1. The summed E-state index contributed by atoms with van der Waals surface area (Å²) in [5.41, 5.74) is 2.93. The number of benzene rings is 2. The number of rotatable bonds is 12. The third-order valence-corrected chi connectivity index (χ3v) is 9.41. The van der Waals surface area contributed by atoms with Crippen LogP contribution in [0.4, 0.5) is 0 Å². The molecule has 2 aliphatic rings. The molecule has 4 amide bonds. The number of aromatic amines is 1. The second-order valence-electron chi connectivity index (χ2n) is 13.1. The van der Waals surface area contributed by atoms with Gasteiger partial charge in [0.1, 0.15) is 11.7 Å². The first-order valence-corrected chi connectivity index (χ1v) is 16.7. The fraction of sp³-hybridized carbons (Fsp3) is 0.459. The van der Waals surface area contributed by atoms with Gasteiger partial charge in [0, 0.05) is 45.0 Å². The Kier molecular flexibility index (Phi) is 11.1. The van der Waals surface area contributed by atoms with Gasteiger partial charge >= 0.3 is 0 Å². The Morgan fingerprint density at radius 3 is 2.31 bits per heavy atom. The van der Waals surface area contributed by atoms with Gasteiger partial charge in [-0.1, -0.05) is 30.3 Å². The number of methoxy groups -OCH3 is 1. The Morgan fingerprint density at radius 2 is 1.67 bits per heavy atom. The average Bonchev–Trinajstić information content (AvgIpc) is 3.72. The average molecular weight is 658 g/mol. The molecule has 0 radical (unpaired) electrons. The largest absolute Gasteiger partial charge is 0.493 e. The number of carbonyl (C=O) groups is 4. The van der Waals surface area contributed by atoms with Crippen LogP contribution in [0.1, 0.15) is 58.7 Å². The van der Waals surface area contributed by atoms with E-state index < -0.39 is 12.0 Å². The molecule has 0 bridgehead atoms. The maximum absolute atomic E-state index is 14.1. The summed E-state index contributed by atoms with van der Waals surface area (Å²) in [6, 6.07) is 16.3. The van der Waals surface area contributed by atoms with Crippen LogP contribution in [0.3, 0.4) is 0 Å². The van der Waals surface area contributed by atoms with Gasteiger partial charge in [0.15, 0.2) is 11.5 Å². The maximum atomic E-state index is 14.1. The summed E-state index contributed by atoms with van der Waals surface area (Å²) in [5, 5.41) is 5.71. The van der Waals surface area contributed by atoms with E-state index in [0.29, 0.717) is 55.2 Å². The van der Waals surface area contributed by atoms with Crippen LogP contribution in [0.5, 0.6) is 11.5 Å². The summed E-state index contributed by atoms with van der Waals surface area (Å²) in [5.74, 6) is -0.824. The second-order valence-corrected chi connectivity index (χ2v) is 13.1. The normalized spacial score (nSPS) is 19.4. The molecule has 2 aromatic carbocycles. The summed E-state index contributed by atoms with van der Waals surface area (Å²) in [6.45, 7) is 7.06.